The van der Waals surface area contributed by atoms with Crippen molar-refractivity contribution in [2.75, 3.05) is 19.6 Å². The SMILES string of the molecule is Cc1cccc(-c2ncc(CN3CC[C@H](O)[C@@]4(CCCNC4=O)C3)cn2)c1. The lowest BCUT2D eigenvalue weighted by Crippen LogP contribution is -2.61. The summed E-state index contributed by atoms with van der Waals surface area (Å²) in [6.45, 7) is 4.81. The summed E-state index contributed by atoms with van der Waals surface area (Å²) in [6, 6.07) is 8.15. The molecule has 0 bridgehead atoms. The highest BCUT2D eigenvalue weighted by Crippen LogP contribution is 2.37. The summed E-state index contributed by atoms with van der Waals surface area (Å²) in [5.74, 6) is 0.719. The van der Waals surface area contributed by atoms with Crippen molar-refractivity contribution in [2.45, 2.75) is 38.8 Å². The summed E-state index contributed by atoms with van der Waals surface area (Å²) in [6.07, 6.45) is 5.46. The monoisotopic (exact) mass is 366 g/mol. The molecule has 0 saturated carbocycles. The van der Waals surface area contributed by atoms with Gasteiger partial charge in [-0.1, -0.05) is 23.8 Å². The standard InChI is InChI=1S/C21H26N4O2/c1-15-4-2-5-17(10-15)19-23-11-16(12-24-19)13-25-9-6-18(26)21(14-25)7-3-8-22-20(21)27/h2,4-5,10-12,18,26H,3,6-9,13-14H2,1H3,(H,22,27)/t18-,21+/m0/s1. The van der Waals surface area contributed by atoms with Crippen LogP contribution in [0.2, 0.25) is 0 Å². The summed E-state index contributed by atoms with van der Waals surface area (Å²) in [7, 11) is 0. The van der Waals surface area contributed by atoms with E-state index in [0.29, 0.717) is 26.1 Å². The maximum Gasteiger partial charge on any atom is 0.230 e. The molecule has 1 aromatic heterocycles. The quantitative estimate of drug-likeness (QED) is 0.868. The van der Waals surface area contributed by atoms with Crippen LogP contribution in [0, 0.1) is 12.3 Å². The molecule has 4 rings (SSSR count). The molecule has 2 saturated heterocycles. The minimum absolute atomic E-state index is 0.00278. The number of nitrogens with zero attached hydrogens (tertiary/aromatic N) is 3. The van der Waals surface area contributed by atoms with E-state index in [1.54, 1.807) is 0 Å². The van der Waals surface area contributed by atoms with Crippen molar-refractivity contribution < 1.29 is 9.90 Å². The van der Waals surface area contributed by atoms with Crippen LogP contribution in [0.4, 0.5) is 0 Å². The highest BCUT2D eigenvalue weighted by Gasteiger charge is 2.49. The Labute approximate surface area is 159 Å². The first-order chi connectivity index (χ1) is 13.1. The van der Waals surface area contributed by atoms with Crippen LogP contribution in [0.5, 0.6) is 0 Å². The fourth-order valence-electron chi connectivity index (χ4n) is 4.29. The lowest BCUT2D eigenvalue weighted by Gasteiger charge is -2.46. The molecule has 142 valence electrons. The first kappa shape index (κ1) is 18.1. The molecule has 0 aliphatic carbocycles. The van der Waals surface area contributed by atoms with Gasteiger partial charge in [0.2, 0.25) is 5.91 Å². The molecule has 1 aromatic carbocycles. The molecule has 1 spiro atoms. The van der Waals surface area contributed by atoms with Gasteiger partial charge in [0.15, 0.2) is 5.82 Å². The summed E-state index contributed by atoms with van der Waals surface area (Å²) in [4.78, 5) is 23.8. The van der Waals surface area contributed by atoms with Crippen molar-refractivity contribution in [2.24, 2.45) is 5.41 Å². The van der Waals surface area contributed by atoms with E-state index in [0.717, 1.165) is 36.3 Å². The van der Waals surface area contributed by atoms with E-state index >= 15 is 0 Å². The number of likely N-dealkylation sites (tertiary alicyclic amines) is 1. The molecule has 2 N–H and O–H groups in total. The molecule has 27 heavy (non-hydrogen) atoms. The van der Waals surface area contributed by atoms with Crippen molar-refractivity contribution in [3.8, 4) is 11.4 Å². The lowest BCUT2D eigenvalue weighted by atomic mass is 9.71. The Hall–Kier alpha value is -2.31. The number of hydrogen-bond donors (Lipinski definition) is 2. The predicted molar refractivity (Wildman–Crippen MR) is 103 cm³/mol. The molecule has 6 nitrogen and oxygen atoms in total. The fourth-order valence-corrected chi connectivity index (χ4v) is 4.29. The van der Waals surface area contributed by atoms with Crippen LogP contribution in [0.3, 0.4) is 0 Å². The molecular formula is C21H26N4O2. The van der Waals surface area contributed by atoms with Crippen LogP contribution in [-0.4, -0.2) is 51.6 Å². The van der Waals surface area contributed by atoms with E-state index in [1.165, 1.54) is 5.56 Å². The Morgan fingerprint density at radius 2 is 2.15 bits per heavy atom. The number of carbonyl (C=O) groups excluding carboxylic acids is 1. The number of nitrogens with one attached hydrogen (secondary N) is 1. The molecule has 0 radical (unpaired) electrons. The van der Waals surface area contributed by atoms with E-state index in [1.807, 2.05) is 24.5 Å². The molecule has 3 heterocycles. The summed E-state index contributed by atoms with van der Waals surface area (Å²) < 4.78 is 0. The van der Waals surface area contributed by atoms with E-state index < -0.39 is 11.5 Å². The number of hydrogen-bond acceptors (Lipinski definition) is 5. The first-order valence-electron chi connectivity index (χ1n) is 9.63. The van der Waals surface area contributed by atoms with Crippen molar-refractivity contribution in [3.05, 3.63) is 47.8 Å². The van der Waals surface area contributed by atoms with Gasteiger partial charge >= 0.3 is 0 Å². The van der Waals surface area contributed by atoms with Gasteiger partial charge in [0, 0.05) is 49.7 Å². The van der Waals surface area contributed by atoms with Gasteiger partial charge in [0.05, 0.1) is 11.5 Å². The Kier molecular flexibility index (Phi) is 4.93. The predicted octanol–water partition coefficient (Wildman–Crippen LogP) is 1.92. The van der Waals surface area contributed by atoms with Crippen molar-refractivity contribution in [3.63, 3.8) is 0 Å². The number of amides is 1. The average molecular weight is 366 g/mol. The van der Waals surface area contributed by atoms with Gasteiger partial charge in [-0.25, -0.2) is 9.97 Å². The van der Waals surface area contributed by atoms with Gasteiger partial charge in [-0.05, 0) is 32.3 Å². The molecule has 0 unspecified atom stereocenters. The molecule has 2 atom stereocenters. The molecule has 2 aliphatic rings. The molecule has 2 fully saturated rings. The number of aryl methyl sites for hydroxylation is 1. The van der Waals surface area contributed by atoms with Crippen LogP contribution in [-0.2, 0) is 11.3 Å². The number of aliphatic hydroxyl groups excluding tert-OH is 1. The molecule has 1 amide bonds. The summed E-state index contributed by atoms with van der Waals surface area (Å²) in [5, 5.41) is 13.4. The molecule has 6 heteroatoms. The van der Waals surface area contributed by atoms with Gasteiger partial charge in [-0.2, -0.15) is 0 Å². The zero-order chi connectivity index (χ0) is 18.9. The highest BCUT2D eigenvalue weighted by atomic mass is 16.3. The van der Waals surface area contributed by atoms with E-state index in [4.69, 9.17) is 0 Å². The Balaban J connectivity index is 1.47. The summed E-state index contributed by atoms with van der Waals surface area (Å²) >= 11 is 0. The minimum Gasteiger partial charge on any atom is -0.392 e. The van der Waals surface area contributed by atoms with Crippen LogP contribution in [0.1, 0.15) is 30.4 Å². The van der Waals surface area contributed by atoms with Gasteiger partial charge in [-0.3, -0.25) is 9.69 Å². The third-order valence-corrected chi connectivity index (χ3v) is 5.79. The number of aliphatic hydroxyl groups is 1. The van der Waals surface area contributed by atoms with Crippen LogP contribution >= 0.6 is 0 Å². The third kappa shape index (κ3) is 3.59. The second kappa shape index (κ2) is 7.37. The zero-order valence-corrected chi connectivity index (χ0v) is 15.7. The smallest absolute Gasteiger partial charge is 0.230 e. The fraction of sp³-hybridized carbons (Fsp3) is 0.476. The molecular weight excluding hydrogens is 340 g/mol. The van der Waals surface area contributed by atoms with E-state index in [2.05, 4.69) is 39.2 Å². The van der Waals surface area contributed by atoms with Gasteiger partial charge < -0.3 is 10.4 Å². The number of carbonyl (C=O) groups is 1. The van der Waals surface area contributed by atoms with E-state index in [-0.39, 0.29) is 5.91 Å². The normalized spacial score (nSPS) is 26.1. The minimum atomic E-state index is -0.668. The Bertz CT molecular complexity index is 823. The van der Waals surface area contributed by atoms with Crippen LogP contribution in [0.15, 0.2) is 36.7 Å². The maximum absolute atomic E-state index is 12.5. The van der Waals surface area contributed by atoms with Crippen molar-refractivity contribution >= 4 is 5.91 Å². The third-order valence-electron chi connectivity index (χ3n) is 5.79. The van der Waals surface area contributed by atoms with Crippen LogP contribution < -0.4 is 5.32 Å². The van der Waals surface area contributed by atoms with Crippen molar-refractivity contribution in [1.29, 1.82) is 0 Å². The average Bonchev–Trinajstić information content (AvgIpc) is 2.68. The number of aromatic nitrogens is 2. The van der Waals surface area contributed by atoms with E-state index in [9.17, 15) is 9.90 Å². The van der Waals surface area contributed by atoms with Crippen molar-refractivity contribution in [1.82, 2.24) is 20.2 Å². The largest absolute Gasteiger partial charge is 0.392 e. The molecule has 2 aliphatic heterocycles. The lowest BCUT2D eigenvalue weighted by molar-refractivity contribution is -0.149. The topological polar surface area (TPSA) is 78.4 Å². The first-order valence-corrected chi connectivity index (χ1v) is 9.63. The maximum atomic E-state index is 12.5. The van der Waals surface area contributed by atoms with Crippen LogP contribution in [0.25, 0.3) is 11.4 Å². The Morgan fingerprint density at radius 3 is 2.89 bits per heavy atom. The number of rotatable bonds is 3. The Morgan fingerprint density at radius 1 is 1.33 bits per heavy atom. The second-order valence-electron chi connectivity index (χ2n) is 7.82. The summed E-state index contributed by atoms with van der Waals surface area (Å²) in [5.41, 5.74) is 2.55. The highest BCUT2D eigenvalue weighted by molar-refractivity contribution is 5.84. The second-order valence-corrected chi connectivity index (χ2v) is 7.82. The van der Waals surface area contributed by atoms with Gasteiger partial charge in [-0.15, -0.1) is 0 Å². The van der Waals surface area contributed by atoms with Gasteiger partial charge in [0.25, 0.3) is 0 Å². The number of benzene rings is 1. The zero-order valence-electron chi connectivity index (χ0n) is 15.7. The van der Waals surface area contributed by atoms with Gasteiger partial charge in [0.1, 0.15) is 0 Å². The number of piperidine rings is 2. The molecule has 2 aromatic rings.